The van der Waals surface area contributed by atoms with Crippen molar-refractivity contribution in [2.75, 3.05) is 26.2 Å². The van der Waals surface area contributed by atoms with Gasteiger partial charge in [0.2, 0.25) is 0 Å². The quantitative estimate of drug-likeness (QED) is 0.868. The van der Waals surface area contributed by atoms with E-state index >= 15 is 0 Å². The van der Waals surface area contributed by atoms with Gasteiger partial charge in [0, 0.05) is 12.2 Å². The zero-order chi connectivity index (χ0) is 14.9. The fourth-order valence-electron chi connectivity index (χ4n) is 3.66. The lowest BCUT2D eigenvalue weighted by atomic mass is 10.1. The number of carbonyl (C=O) groups excluding carboxylic acids is 1. The number of imidazole rings is 1. The van der Waals surface area contributed by atoms with E-state index in [4.69, 9.17) is 0 Å². The normalized spacial score (nSPS) is 19.1. The Morgan fingerprint density at radius 2 is 1.95 bits per heavy atom. The van der Waals surface area contributed by atoms with Crippen LogP contribution in [0.4, 0.5) is 0 Å². The van der Waals surface area contributed by atoms with E-state index in [9.17, 15) is 4.79 Å². The van der Waals surface area contributed by atoms with Crippen LogP contribution in [0, 0.1) is 0 Å². The first-order chi connectivity index (χ1) is 10.8. The predicted molar refractivity (Wildman–Crippen MR) is 84.8 cm³/mol. The number of likely N-dealkylation sites (tertiary alicyclic amines) is 1. The SMILES string of the molecule is O=C1c2cnc3cccc(n23)CN1CCCN1CCCCC1. The number of rotatable bonds is 4. The molecule has 0 atom stereocenters. The molecule has 0 unspecified atom stereocenters. The molecule has 0 saturated carbocycles. The van der Waals surface area contributed by atoms with E-state index in [0.717, 1.165) is 30.9 Å². The largest absolute Gasteiger partial charge is 0.331 e. The Kier molecular flexibility index (Phi) is 3.58. The fourth-order valence-corrected chi connectivity index (χ4v) is 3.66. The van der Waals surface area contributed by atoms with Crippen molar-refractivity contribution in [1.82, 2.24) is 19.2 Å². The molecular weight excluding hydrogens is 276 g/mol. The summed E-state index contributed by atoms with van der Waals surface area (Å²) in [5.41, 5.74) is 2.73. The van der Waals surface area contributed by atoms with E-state index in [1.54, 1.807) is 6.20 Å². The lowest BCUT2D eigenvalue weighted by molar-refractivity contribution is 0.0704. The number of pyridine rings is 1. The van der Waals surface area contributed by atoms with Gasteiger partial charge in [-0.1, -0.05) is 12.5 Å². The number of hydrogen-bond acceptors (Lipinski definition) is 3. The standard InChI is InChI=1S/C17H22N4O/c22-17-15-12-18-16-7-4-6-14(21(15)16)13-20(17)11-5-10-19-8-2-1-3-9-19/h4,6-7,12H,1-3,5,8-11,13H2. The molecule has 0 spiro atoms. The van der Waals surface area contributed by atoms with Crippen LogP contribution in [-0.4, -0.2) is 51.3 Å². The number of aromatic nitrogens is 2. The van der Waals surface area contributed by atoms with Crippen LogP contribution in [0.2, 0.25) is 0 Å². The highest BCUT2D eigenvalue weighted by Crippen LogP contribution is 2.20. The van der Waals surface area contributed by atoms with Crippen LogP contribution in [0.1, 0.15) is 41.9 Å². The molecule has 2 aromatic heterocycles. The Morgan fingerprint density at radius 1 is 1.09 bits per heavy atom. The molecule has 22 heavy (non-hydrogen) atoms. The summed E-state index contributed by atoms with van der Waals surface area (Å²) in [5, 5.41) is 0. The second-order valence-corrected chi connectivity index (χ2v) is 6.34. The lowest BCUT2D eigenvalue weighted by Gasteiger charge is -2.30. The molecule has 0 aliphatic carbocycles. The molecule has 5 nitrogen and oxygen atoms in total. The van der Waals surface area contributed by atoms with Gasteiger partial charge in [-0.15, -0.1) is 0 Å². The van der Waals surface area contributed by atoms with Crippen LogP contribution >= 0.6 is 0 Å². The summed E-state index contributed by atoms with van der Waals surface area (Å²) < 4.78 is 1.99. The Labute approximate surface area is 130 Å². The molecule has 2 aliphatic heterocycles. The van der Waals surface area contributed by atoms with Gasteiger partial charge >= 0.3 is 0 Å². The van der Waals surface area contributed by atoms with Crippen LogP contribution in [0.5, 0.6) is 0 Å². The zero-order valence-corrected chi connectivity index (χ0v) is 12.9. The minimum atomic E-state index is 0.116. The van der Waals surface area contributed by atoms with E-state index in [1.807, 2.05) is 21.4 Å². The summed E-state index contributed by atoms with van der Waals surface area (Å²) in [6.07, 6.45) is 6.77. The number of carbonyl (C=O) groups is 1. The van der Waals surface area contributed by atoms with E-state index < -0.39 is 0 Å². The van der Waals surface area contributed by atoms with Crippen LogP contribution < -0.4 is 0 Å². The van der Waals surface area contributed by atoms with Gasteiger partial charge in [-0.25, -0.2) is 4.98 Å². The molecule has 0 radical (unpaired) electrons. The average Bonchev–Trinajstić information content (AvgIpc) is 2.99. The van der Waals surface area contributed by atoms with Crippen molar-refractivity contribution in [2.45, 2.75) is 32.2 Å². The molecule has 1 amide bonds. The van der Waals surface area contributed by atoms with Gasteiger partial charge < -0.3 is 9.80 Å². The van der Waals surface area contributed by atoms with E-state index in [2.05, 4.69) is 16.0 Å². The highest BCUT2D eigenvalue weighted by Gasteiger charge is 2.26. The minimum absolute atomic E-state index is 0.116. The van der Waals surface area contributed by atoms with Crippen molar-refractivity contribution >= 4 is 11.6 Å². The van der Waals surface area contributed by atoms with Gasteiger partial charge in [0.15, 0.2) is 0 Å². The predicted octanol–water partition coefficient (Wildman–Crippen LogP) is 2.17. The summed E-state index contributed by atoms with van der Waals surface area (Å²) in [6, 6.07) is 6.05. The monoisotopic (exact) mass is 298 g/mol. The van der Waals surface area contributed by atoms with E-state index in [0.29, 0.717) is 12.2 Å². The van der Waals surface area contributed by atoms with Gasteiger partial charge in [-0.2, -0.15) is 0 Å². The van der Waals surface area contributed by atoms with Gasteiger partial charge in [-0.05, 0) is 51.0 Å². The van der Waals surface area contributed by atoms with Crippen molar-refractivity contribution in [3.8, 4) is 0 Å². The molecule has 0 bridgehead atoms. The third-order valence-corrected chi connectivity index (χ3v) is 4.82. The topological polar surface area (TPSA) is 40.9 Å². The highest BCUT2D eigenvalue weighted by molar-refractivity contribution is 5.94. The van der Waals surface area contributed by atoms with E-state index in [-0.39, 0.29) is 5.91 Å². The first-order valence-electron chi connectivity index (χ1n) is 8.30. The molecule has 0 aromatic carbocycles. The molecule has 4 rings (SSSR count). The molecule has 0 N–H and O–H groups in total. The number of amides is 1. The van der Waals surface area contributed by atoms with Crippen molar-refractivity contribution in [3.63, 3.8) is 0 Å². The number of piperidine rings is 1. The van der Waals surface area contributed by atoms with Crippen molar-refractivity contribution in [1.29, 1.82) is 0 Å². The van der Waals surface area contributed by atoms with Gasteiger partial charge in [-0.3, -0.25) is 9.20 Å². The number of nitrogens with zero attached hydrogens (tertiary/aromatic N) is 4. The smallest absolute Gasteiger partial charge is 0.272 e. The Hall–Kier alpha value is -1.88. The van der Waals surface area contributed by atoms with Gasteiger partial charge in [0.05, 0.1) is 12.7 Å². The molecule has 1 fully saturated rings. The fraction of sp³-hybridized carbons (Fsp3) is 0.529. The van der Waals surface area contributed by atoms with Crippen molar-refractivity contribution in [2.24, 2.45) is 0 Å². The van der Waals surface area contributed by atoms with Crippen molar-refractivity contribution in [3.05, 3.63) is 35.8 Å². The summed E-state index contributed by atoms with van der Waals surface area (Å²) in [6.45, 7) is 5.07. The van der Waals surface area contributed by atoms with Crippen LogP contribution in [0.15, 0.2) is 24.4 Å². The van der Waals surface area contributed by atoms with Crippen molar-refractivity contribution < 1.29 is 4.79 Å². The molecule has 1 saturated heterocycles. The van der Waals surface area contributed by atoms with Crippen LogP contribution in [0.3, 0.4) is 0 Å². The molecule has 116 valence electrons. The molecule has 2 aliphatic rings. The van der Waals surface area contributed by atoms with Gasteiger partial charge in [0.1, 0.15) is 11.3 Å². The number of hydrogen-bond donors (Lipinski definition) is 0. The maximum absolute atomic E-state index is 12.6. The Morgan fingerprint density at radius 3 is 2.82 bits per heavy atom. The second kappa shape index (κ2) is 5.72. The third-order valence-electron chi connectivity index (χ3n) is 4.82. The molecule has 2 aromatic rings. The zero-order valence-electron chi connectivity index (χ0n) is 12.9. The van der Waals surface area contributed by atoms with Crippen LogP contribution in [0.25, 0.3) is 5.65 Å². The average molecular weight is 298 g/mol. The maximum atomic E-state index is 12.6. The minimum Gasteiger partial charge on any atom is -0.331 e. The van der Waals surface area contributed by atoms with E-state index in [1.165, 1.54) is 32.4 Å². The highest BCUT2D eigenvalue weighted by atomic mass is 16.2. The summed E-state index contributed by atoms with van der Waals surface area (Å²) in [4.78, 5) is 21.4. The molecular formula is C17H22N4O. The molecule has 5 heteroatoms. The first kappa shape index (κ1) is 13.8. The Balaban J connectivity index is 1.42. The van der Waals surface area contributed by atoms with Crippen LogP contribution in [-0.2, 0) is 6.54 Å². The first-order valence-corrected chi connectivity index (χ1v) is 8.30. The molecule has 4 heterocycles. The maximum Gasteiger partial charge on any atom is 0.272 e. The van der Waals surface area contributed by atoms with Gasteiger partial charge in [0.25, 0.3) is 5.91 Å². The third kappa shape index (κ3) is 2.39. The summed E-state index contributed by atoms with van der Waals surface area (Å²) in [7, 11) is 0. The Bertz CT molecular complexity index is 687. The summed E-state index contributed by atoms with van der Waals surface area (Å²) >= 11 is 0. The lowest BCUT2D eigenvalue weighted by Crippen LogP contribution is -2.38. The second-order valence-electron chi connectivity index (χ2n) is 6.34. The summed E-state index contributed by atoms with van der Waals surface area (Å²) in [5.74, 6) is 0.116.